The van der Waals surface area contributed by atoms with E-state index in [0.717, 1.165) is 0 Å². The maximum absolute atomic E-state index is 9.83. The van der Waals surface area contributed by atoms with Crippen molar-refractivity contribution in [3.63, 3.8) is 0 Å². The molecule has 0 rings (SSSR count). The molecule has 0 heterocycles. The topological polar surface area (TPSA) is 64.4 Å². The van der Waals surface area contributed by atoms with Crippen LogP contribution in [0.5, 0.6) is 0 Å². The molecule has 10 heavy (non-hydrogen) atoms. The Hall–Kier alpha value is -0.160. The van der Waals surface area contributed by atoms with Gasteiger partial charge in [0.1, 0.15) is 6.61 Å². The van der Waals surface area contributed by atoms with Gasteiger partial charge in [0.25, 0.3) is 0 Å². The first kappa shape index (κ1) is 9.84. The number of hydrogen-bond donors (Lipinski definition) is 1. The normalized spacial score (nSPS) is 10.2. The Bertz CT molecular complexity index is 53.0. The van der Waals surface area contributed by atoms with Gasteiger partial charge in [0.2, 0.25) is 0 Å². The van der Waals surface area contributed by atoms with Crippen molar-refractivity contribution in [3.05, 3.63) is 0 Å². The molecule has 0 saturated carbocycles. The minimum absolute atomic E-state index is 0.184. The second kappa shape index (κ2) is 8.84. The van der Waals surface area contributed by atoms with Crippen LogP contribution in [0.1, 0.15) is 0 Å². The molecule has 0 aromatic carbocycles. The molecule has 0 spiro atoms. The van der Waals surface area contributed by atoms with Gasteiger partial charge in [-0.25, -0.2) is 5.11 Å². The Morgan fingerprint density at radius 3 is 2.10 bits per heavy atom. The van der Waals surface area contributed by atoms with E-state index in [-0.39, 0.29) is 13.2 Å². The average Bonchev–Trinajstić information content (AvgIpc) is 1.97. The van der Waals surface area contributed by atoms with Crippen molar-refractivity contribution >= 4 is 0 Å². The predicted molar refractivity (Wildman–Crippen MR) is 36.2 cm³/mol. The third-order valence-electron chi connectivity index (χ3n) is 0.862. The van der Waals surface area contributed by atoms with E-state index in [2.05, 4.69) is 0 Å². The third-order valence-corrected chi connectivity index (χ3v) is 0.862. The first-order valence-electron chi connectivity index (χ1n) is 3.35. The third kappa shape index (κ3) is 7.84. The number of rotatable bonds is 7. The second-order valence-corrected chi connectivity index (χ2v) is 1.72. The first-order chi connectivity index (χ1) is 4.91. The highest BCUT2D eigenvalue weighted by Gasteiger charge is 1.86. The molecule has 0 aromatic rings. The van der Waals surface area contributed by atoms with Crippen molar-refractivity contribution < 1.29 is 14.6 Å². The van der Waals surface area contributed by atoms with E-state index in [1.165, 1.54) is 0 Å². The molecule has 0 aliphatic heterocycles. The lowest BCUT2D eigenvalue weighted by Crippen LogP contribution is -2.12. The van der Waals surface area contributed by atoms with Crippen molar-refractivity contribution in [1.29, 1.82) is 0 Å². The highest BCUT2D eigenvalue weighted by molar-refractivity contribution is 4.32. The zero-order valence-electron chi connectivity index (χ0n) is 6.04. The van der Waals surface area contributed by atoms with Gasteiger partial charge < -0.3 is 15.2 Å². The molecule has 0 aliphatic carbocycles. The fourth-order valence-electron chi connectivity index (χ4n) is 0.464. The van der Waals surface area contributed by atoms with Crippen LogP contribution < -0.4 is 5.73 Å². The monoisotopic (exact) mass is 148 g/mol. The highest BCUT2D eigenvalue weighted by atomic mass is 16.5. The Kier molecular flexibility index (Phi) is 8.70. The van der Waals surface area contributed by atoms with Gasteiger partial charge in [-0.1, -0.05) is 0 Å². The Balaban J connectivity index is 2.65. The largest absolute Gasteiger partial charge is 0.378 e. The molecule has 4 heteroatoms. The predicted octanol–water partition coefficient (Wildman–Crippen LogP) is -0.591. The zero-order chi connectivity index (χ0) is 7.66. The fraction of sp³-hybridized carbons (Fsp3) is 1.00. The van der Waals surface area contributed by atoms with Gasteiger partial charge in [-0.05, 0) is 0 Å². The summed E-state index contributed by atoms with van der Waals surface area (Å²) < 4.78 is 9.83. The van der Waals surface area contributed by atoms with E-state index in [0.29, 0.717) is 26.4 Å². The van der Waals surface area contributed by atoms with Crippen LogP contribution in [0.3, 0.4) is 0 Å². The molecule has 0 unspecified atom stereocenters. The summed E-state index contributed by atoms with van der Waals surface area (Å²) in [5.74, 6) is 0. The molecule has 61 valence electrons. The van der Waals surface area contributed by atoms with Crippen LogP contribution >= 0.6 is 0 Å². The van der Waals surface area contributed by atoms with Crippen LogP contribution in [0.25, 0.3) is 0 Å². The lowest BCUT2D eigenvalue weighted by atomic mass is 10.7. The van der Waals surface area contributed by atoms with Gasteiger partial charge in [-0.3, -0.25) is 0 Å². The Labute approximate surface area is 60.9 Å². The first-order valence-corrected chi connectivity index (χ1v) is 3.35. The van der Waals surface area contributed by atoms with E-state index in [1.54, 1.807) is 0 Å². The molecule has 0 amide bonds. The quantitative estimate of drug-likeness (QED) is 0.491. The molecule has 0 fully saturated rings. The van der Waals surface area contributed by atoms with Crippen LogP contribution in [0.2, 0.25) is 0 Å². The molecular weight excluding hydrogens is 134 g/mol. The number of ether oxygens (including phenoxy) is 2. The minimum atomic E-state index is -0.184. The van der Waals surface area contributed by atoms with E-state index in [9.17, 15) is 5.11 Å². The van der Waals surface area contributed by atoms with Gasteiger partial charge in [-0.15, -0.1) is 0 Å². The summed E-state index contributed by atoms with van der Waals surface area (Å²) in [7, 11) is 0. The van der Waals surface area contributed by atoms with Crippen LogP contribution in [-0.2, 0) is 14.6 Å². The van der Waals surface area contributed by atoms with Crippen molar-refractivity contribution in [1.82, 2.24) is 0 Å². The van der Waals surface area contributed by atoms with Crippen molar-refractivity contribution in [2.45, 2.75) is 0 Å². The molecule has 0 aliphatic rings. The number of nitrogens with two attached hydrogens (primary N) is 1. The summed E-state index contributed by atoms with van der Waals surface area (Å²) in [5.41, 5.74) is 5.15. The standard InChI is InChI=1S/C6H14NO3/c7-1-3-9-5-6-10-4-2-8/h1-7H2. The van der Waals surface area contributed by atoms with Crippen molar-refractivity contribution in [2.24, 2.45) is 5.73 Å². The lowest BCUT2D eigenvalue weighted by molar-refractivity contribution is 0.0228. The molecule has 0 saturated heterocycles. The van der Waals surface area contributed by atoms with Gasteiger partial charge in [0.05, 0.1) is 26.4 Å². The molecule has 4 nitrogen and oxygen atoms in total. The van der Waals surface area contributed by atoms with Crippen molar-refractivity contribution in [3.8, 4) is 0 Å². The van der Waals surface area contributed by atoms with Crippen LogP contribution in [0, 0.1) is 0 Å². The minimum Gasteiger partial charge on any atom is -0.378 e. The maximum Gasteiger partial charge on any atom is 0.106 e. The molecule has 0 atom stereocenters. The van der Waals surface area contributed by atoms with E-state index >= 15 is 0 Å². The van der Waals surface area contributed by atoms with Crippen molar-refractivity contribution in [2.75, 3.05) is 39.6 Å². The molecular formula is C6H14NO3. The van der Waals surface area contributed by atoms with E-state index in [1.807, 2.05) is 0 Å². The smallest absolute Gasteiger partial charge is 0.106 e. The van der Waals surface area contributed by atoms with E-state index in [4.69, 9.17) is 15.2 Å². The van der Waals surface area contributed by atoms with Gasteiger partial charge in [-0.2, -0.15) is 0 Å². The SMILES string of the molecule is NCCOCCOCC[O]. The fourth-order valence-corrected chi connectivity index (χ4v) is 0.464. The van der Waals surface area contributed by atoms with Crippen LogP contribution in [0.4, 0.5) is 0 Å². The van der Waals surface area contributed by atoms with E-state index < -0.39 is 0 Å². The maximum atomic E-state index is 9.83. The summed E-state index contributed by atoms with van der Waals surface area (Å²) in [6, 6.07) is 0. The average molecular weight is 148 g/mol. The highest BCUT2D eigenvalue weighted by Crippen LogP contribution is 1.76. The Morgan fingerprint density at radius 2 is 1.60 bits per heavy atom. The van der Waals surface area contributed by atoms with Crippen LogP contribution in [-0.4, -0.2) is 39.6 Å². The number of hydrogen-bond acceptors (Lipinski definition) is 3. The van der Waals surface area contributed by atoms with Gasteiger partial charge >= 0.3 is 0 Å². The summed E-state index contributed by atoms with van der Waals surface area (Å²) in [6.07, 6.45) is 0. The second-order valence-electron chi connectivity index (χ2n) is 1.72. The molecule has 0 bridgehead atoms. The molecule has 2 N–H and O–H groups in total. The summed E-state index contributed by atoms with van der Waals surface area (Å²) >= 11 is 0. The van der Waals surface area contributed by atoms with Crippen LogP contribution in [0.15, 0.2) is 0 Å². The summed E-state index contributed by atoms with van der Waals surface area (Å²) in [5, 5.41) is 9.83. The lowest BCUT2D eigenvalue weighted by Gasteiger charge is -2.01. The molecule has 0 aromatic heterocycles. The van der Waals surface area contributed by atoms with Gasteiger partial charge in [0, 0.05) is 6.54 Å². The summed E-state index contributed by atoms with van der Waals surface area (Å²) in [6.45, 7) is 2.19. The van der Waals surface area contributed by atoms with Gasteiger partial charge in [0.15, 0.2) is 0 Å². The molecule has 1 radical (unpaired) electrons. The zero-order valence-corrected chi connectivity index (χ0v) is 6.04. The summed E-state index contributed by atoms with van der Waals surface area (Å²) in [4.78, 5) is 0. The Morgan fingerprint density at radius 1 is 1.00 bits per heavy atom.